The molecule has 0 aliphatic carbocycles. The van der Waals surface area contributed by atoms with Crippen LogP contribution in [0.2, 0.25) is 0 Å². The van der Waals surface area contributed by atoms with Crippen molar-refractivity contribution in [3.63, 3.8) is 0 Å². The van der Waals surface area contributed by atoms with E-state index < -0.39 is 0 Å². The van der Waals surface area contributed by atoms with Crippen molar-refractivity contribution < 1.29 is 9.90 Å². The summed E-state index contributed by atoms with van der Waals surface area (Å²) in [6.45, 7) is 1.36. The fourth-order valence-electron chi connectivity index (χ4n) is 0.877. The van der Waals surface area contributed by atoms with Gasteiger partial charge in [0.15, 0.2) is 0 Å². The number of rotatable bonds is 2. The van der Waals surface area contributed by atoms with Gasteiger partial charge in [-0.3, -0.25) is 4.79 Å². The van der Waals surface area contributed by atoms with E-state index in [-0.39, 0.29) is 11.7 Å². The van der Waals surface area contributed by atoms with Crippen molar-refractivity contribution in [1.29, 1.82) is 0 Å². The number of hydrazone groups is 1. The van der Waals surface area contributed by atoms with Crippen LogP contribution in [0.3, 0.4) is 0 Å². The van der Waals surface area contributed by atoms with E-state index in [0.717, 1.165) is 4.47 Å². The highest BCUT2D eigenvalue weighted by Gasteiger charge is 2.04. The van der Waals surface area contributed by atoms with Gasteiger partial charge in [0.25, 0.3) is 0 Å². The maximum Gasteiger partial charge on any atom is 0.236 e. The predicted molar refractivity (Wildman–Crippen MR) is 69.9 cm³/mol. The van der Waals surface area contributed by atoms with Crippen LogP contribution in [-0.4, -0.2) is 17.2 Å². The minimum atomic E-state index is -0.254. The quantitative estimate of drug-likeness (QED) is 0.468. The largest absolute Gasteiger partial charge is 0.506 e. The number of carbonyl (C=O) groups excluding carboxylic acids is 1. The first-order valence-corrected chi connectivity index (χ1v) is 5.85. The van der Waals surface area contributed by atoms with Crippen molar-refractivity contribution in [2.45, 2.75) is 6.92 Å². The Bertz CT molecular complexity index is 421. The molecule has 4 nitrogen and oxygen atoms in total. The van der Waals surface area contributed by atoms with Crippen molar-refractivity contribution >= 4 is 50.6 Å². The first-order chi connectivity index (χ1) is 7.00. The third-order valence-electron chi connectivity index (χ3n) is 1.48. The second-order valence-corrected chi connectivity index (χ2v) is 4.83. The first-order valence-electron chi connectivity index (χ1n) is 3.98. The fraction of sp³-hybridized carbons (Fsp3) is 0.111. The summed E-state index contributed by atoms with van der Waals surface area (Å²) >= 11 is 5.31. The van der Waals surface area contributed by atoms with Crippen LogP contribution in [-0.2, 0) is 4.79 Å². The number of halogens is 2. The molecule has 1 rings (SSSR count). The lowest BCUT2D eigenvalue weighted by Gasteiger charge is -2.02. The highest BCUT2D eigenvalue weighted by atomic mass is 127. The summed E-state index contributed by atoms with van der Waals surface area (Å²) in [5.74, 6) is -0.108. The molecular weight excluding hydrogens is 375 g/mol. The lowest BCUT2D eigenvalue weighted by atomic mass is 10.2. The molecule has 1 amide bonds. The topological polar surface area (TPSA) is 61.7 Å². The van der Waals surface area contributed by atoms with E-state index >= 15 is 0 Å². The lowest BCUT2D eigenvalue weighted by molar-refractivity contribution is -0.118. The monoisotopic (exact) mass is 382 g/mol. The molecule has 0 heterocycles. The number of benzene rings is 1. The van der Waals surface area contributed by atoms with Crippen molar-refractivity contribution in [1.82, 2.24) is 5.43 Å². The molecule has 0 bridgehead atoms. The fourth-order valence-corrected chi connectivity index (χ4v) is 2.43. The van der Waals surface area contributed by atoms with Gasteiger partial charge in [-0.2, -0.15) is 5.10 Å². The van der Waals surface area contributed by atoms with Crippen LogP contribution in [0.25, 0.3) is 0 Å². The number of carbonyl (C=O) groups is 1. The van der Waals surface area contributed by atoms with Gasteiger partial charge < -0.3 is 5.11 Å². The van der Waals surface area contributed by atoms with E-state index in [2.05, 4.69) is 26.5 Å². The Morgan fingerprint density at radius 3 is 2.93 bits per heavy atom. The van der Waals surface area contributed by atoms with Crippen LogP contribution < -0.4 is 5.43 Å². The Morgan fingerprint density at radius 1 is 1.67 bits per heavy atom. The van der Waals surface area contributed by atoms with Crippen LogP contribution in [0.5, 0.6) is 5.75 Å². The number of amides is 1. The summed E-state index contributed by atoms with van der Waals surface area (Å²) in [5, 5.41) is 13.3. The van der Waals surface area contributed by atoms with E-state index in [1.54, 1.807) is 12.1 Å². The zero-order valence-corrected chi connectivity index (χ0v) is 11.5. The number of aromatic hydroxyl groups is 1. The van der Waals surface area contributed by atoms with Gasteiger partial charge in [-0.25, -0.2) is 5.43 Å². The van der Waals surface area contributed by atoms with E-state index in [0.29, 0.717) is 9.13 Å². The standard InChI is InChI=1S/C9H8BrIN2O2/c1-5(14)13-12-4-6-2-7(10)3-8(11)9(6)15/h2-4,15H,1H3,(H,13,14)/b12-4-. The molecule has 80 valence electrons. The molecule has 1 aromatic rings. The SMILES string of the molecule is CC(=O)N/N=C\c1cc(Br)cc(I)c1O. The Morgan fingerprint density at radius 2 is 2.33 bits per heavy atom. The third kappa shape index (κ3) is 3.78. The second-order valence-electron chi connectivity index (χ2n) is 2.75. The summed E-state index contributed by atoms with van der Waals surface area (Å²) in [6.07, 6.45) is 1.39. The lowest BCUT2D eigenvalue weighted by Crippen LogP contribution is -2.12. The average Bonchev–Trinajstić information content (AvgIpc) is 2.12. The smallest absolute Gasteiger partial charge is 0.236 e. The zero-order valence-electron chi connectivity index (χ0n) is 7.79. The maximum absolute atomic E-state index is 10.6. The van der Waals surface area contributed by atoms with Crippen molar-refractivity contribution in [3.8, 4) is 5.75 Å². The molecule has 0 aliphatic heterocycles. The molecule has 0 saturated heterocycles. The molecule has 0 radical (unpaired) electrons. The number of hydrogen-bond acceptors (Lipinski definition) is 3. The molecular formula is C9H8BrIN2O2. The Labute approximate surface area is 109 Å². The zero-order chi connectivity index (χ0) is 11.4. The Kier molecular flexibility index (Phi) is 4.52. The highest BCUT2D eigenvalue weighted by molar-refractivity contribution is 14.1. The number of phenolic OH excluding ortho intramolecular Hbond substituents is 1. The third-order valence-corrected chi connectivity index (χ3v) is 2.76. The minimum absolute atomic E-state index is 0.146. The predicted octanol–water partition coefficient (Wildman–Crippen LogP) is 2.23. The molecule has 0 aliphatic rings. The normalized spacial score (nSPS) is 10.6. The van der Waals surface area contributed by atoms with Crippen LogP contribution in [0, 0.1) is 3.57 Å². The van der Waals surface area contributed by atoms with E-state index in [9.17, 15) is 9.90 Å². The molecule has 1 aromatic carbocycles. The molecule has 0 fully saturated rings. The van der Waals surface area contributed by atoms with Gasteiger partial charge >= 0.3 is 0 Å². The van der Waals surface area contributed by atoms with Crippen molar-refractivity contribution in [2.75, 3.05) is 0 Å². The number of phenols is 1. The summed E-state index contributed by atoms with van der Waals surface area (Å²) in [5.41, 5.74) is 2.81. The molecule has 0 aromatic heterocycles. The van der Waals surface area contributed by atoms with Gasteiger partial charge in [0.05, 0.1) is 9.78 Å². The molecule has 2 N–H and O–H groups in total. The first kappa shape index (κ1) is 12.4. The second kappa shape index (κ2) is 5.45. The molecule has 0 saturated carbocycles. The van der Waals surface area contributed by atoms with Gasteiger partial charge in [0.1, 0.15) is 5.75 Å². The van der Waals surface area contributed by atoms with E-state index in [4.69, 9.17) is 0 Å². The number of nitrogens with zero attached hydrogens (tertiary/aromatic N) is 1. The Hall–Kier alpha value is -0.630. The van der Waals surface area contributed by atoms with E-state index in [1.165, 1.54) is 13.1 Å². The van der Waals surface area contributed by atoms with Crippen LogP contribution in [0.4, 0.5) is 0 Å². The molecule has 6 heteroatoms. The minimum Gasteiger partial charge on any atom is -0.506 e. The maximum atomic E-state index is 10.6. The Balaban J connectivity index is 2.94. The van der Waals surface area contributed by atoms with Gasteiger partial charge in [-0.05, 0) is 34.7 Å². The molecule has 0 atom stereocenters. The van der Waals surface area contributed by atoms with Crippen molar-refractivity contribution in [2.24, 2.45) is 5.10 Å². The van der Waals surface area contributed by atoms with Crippen LogP contribution in [0.1, 0.15) is 12.5 Å². The summed E-state index contributed by atoms with van der Waals surface area (Å²) in [6, 6.07) is 3.49. The van der Waals surface area contributed by atoms with Gasteiger partial charge in [-0.1, -0.05) is 15.9 Å². The average molecular weight is 383 g/mol. The van der Waals surface area contributed by atoms with Gasteiger partial charge in [0, 0.05) is 17.0 Å². The van der Waals surface area contributed by atoms with E-state index in [1.807, 2.05) is 22.6 Å². The summed E-state index contributed by atoms with van der Waals surface area (Å²) < 4.78 is 1.56. The summed E-state index contributed by atoms with van der Waals surface area (Å²) in [7, 11) is 0. The van der Waals surface area contributed by atoms with Gasteiger partial charge in [0.2, 0.25) is 5.91 Å². The van der Waals surface area contributed by atoms with Gasteiger partial charge in [-0.15, -0.1) is 0 Å². The highest BCUT2D eigenvalue weighted by Crippen LogP contribution is 2.27. The van der Waals surface area contributed by atoms with Crippen LogP contribution in [0.15, 0.2) is 21.7 Å². The van der Waals surface area contributed by atoms with Crippen LogP contribution >= 0.6 is 38.5 Å². The summed E-state index contributed by atoms with van der Waals surface area (Å²) in [4.78, 5) is 10.6. The molecule has 0 spiro atoms. The molecule has 15 heavy (non-hydrogen) atoms. The number of nitrogens with one attached hydrogen (secondary N) is 1. The molecule has 0 unspecified atom stereocenters. The van der Waals surface area contributed by atoms with Crippen molar-refractivity contribution in [3.05, 3.63) is 25.7 Å². The number of hydrogen-bond donors (Lipinski definition) is 2.